The van der Waals surface area contributed by atoms with E-state index in [-0.39, 0.29) is 12.2 Å². The molecule has 86 valence electrons. The monoisotopic (exact) mass is 285 g/mol. The first-order valence-electron chi connectivity index (χ1n) is 4.63. The highest BCUT2D eigenvalue weighted by Crippen LogP contribution is 2.16. The van der Waals surface area contributed by atoms with Gasteiger partial charge in [-0.15, -0.1) is 0 Å². The number of Topliss-reactive ketones (excluding diaryl/α,β-unsaturated/α-hetero) is 1. The smallest absolute Gasteiger partial charge is 0.339 e. The van der Waals surface area contributed by atoms with E-state index in [4.69, 9.17) is 5.73 Å². The minimum atomic E-state index is -0.495. The highest BCUT2D eigenvalue weighted by molar-refractivity contribution is 9.09. The minimum absolute atomic E-state index is 0.0422. The molecule has 0 amide bonds. The SMILES string of the molecule is COC(=O)c1cc(CC(=O)CBr)ccc1N. The van der Waals surface area contributed by atoms with Crippen LogP contribution >= 0.6 is 15.9 Å². The summed E-state index contributed by atoms with van der Waals surface area (Å²) in [6.45, 7) is 0. The Hall–Kier alpha value is -1.36. The molecular weight excluding hydrogens is 274 g/mol. The molecule has 2 N–H and O–H groups in total. The number of carbonyl (C=O) groups excluding carboxylic acids is 2. The van der Waals surface area contributed by atoms with E-state index in [9.17, 15) is 9.59 Å². The molecule has 1 aromatic carbocycles. The predicted octanol–water partition coefficient (Wildman–Crippen LogP) is 1.56. The molecule has 0 spiro atoms. The van der Waals surface area contributed by atoms with Crippen LogP contribution in [0.5, 0.6) is 0 Å². The molecule has 5 heteroatoms. The average Bonchev–Trinajstić information content (AvgIpc) is 2.30. The fourth-order valence-electron chi connectivity index (χ4n) is 1.28. The van der Waals surface area contributed by atoms with Gasteiger partial charge >= 0.3 is 5.97 Å². The molecule has 0 saturated heterocycles. The summed E-state index contributed by atoms with van der Waals surface area (Å²) in [7, 11) is 1.29. The zero-order valence-corrected chi connectivity index (χ0v) is 10.4. The Morgan fingerprint density at radius 2 is 2.12 bits per heavy atom. The van der Waals surface area contributed by atoms with E-state index in [1.54, 1.807) is 18.2 Å². The number of ether oxygens (including phenoxy) is 1. The fourth-order valence-corrected chi connectivity index (χ4v) is 1.47. The summed E-state index contributed by atoms with van der Waals surface area (Å²) in [5.74, 6) is -0.453. The third-order valence-electron chi connectivity index (χ3n) is 2.07. The topological polar surface area (TPSA) is 69.4 Å². The number of benzene rings is 1. The number of esters is 1. The van der Waals surface area contributed by atoms with Crippen molar-refractivity contribution >= 4 is 33.4 Å². The number of alkyl halides is 1. The van der Waals surface area contributed by atoms with Crippen LogP contribution in [0.3, 0.4) is 0 Å². The zero-order valence-electron chi connectivity index (χ0n) is 8.83. The summed E-state index contributed by atoms with van der Waals surface area (Å²) in [6, 6.07) is 4.91. The lowest BCUT2D eigenvalue weighted by Crippen LogP contribution is -2.08. The van der Waals surface area contributed by atoms with Gasteiger partial charge in [0.2, 0.25) is 0 Å². The quantitative estimate of drug-likeness (QED) is 0.518. The Kier molecular flexibility index (Phi) is 4.49. The van der Waals surface area contributed by atoms with Gasteiger partial charge in [0.25, 0.3) is 0 Å². The summed E-state index contributed by atoms with van der Waals surface area (Å²) >= 11 is 3.08. The van der Waals surface area contributed by atoms with Gasteiger partial charge in [0.05, 0.1) is 18.0 Å². The van der Waals surface area contributed by atoms with Crippen molar-refractivity contribution in [2.45, 2.75) is 6.42 Å². The summed E-state index contributed by atoms with van der Waals surface area (Å²) in [5.41, 5.74) is 7.03. The first-order chi connectivity index (χ1) is 7.58. The van der Waals surface area contributed by atoms with Crippen LogP contribution in [-0.2, 0) is 16.0 Å². The second-order valence-corrected chi connectivity index (χ2v) is 3.82. The molecule has 1 aromatic rings. The van der Waals surface area contributed by atoms with Gasteiger partial charge in [-0.3, -0.25) is 4.79 Å². The lowest BCUT2D eigenvalue weighted by molar-refractivity contribution is -0.115. The Labute approximate surface area is 102 Å². The first kappa shape index (κ1) is 12.7. The number of ketones is 1. The van der Waals surface area contributed by atoms with Gasteiger partial charge in [-0.2, -0.15) is 0 Å². The number of hydrogen-bond donors (Lipinski definition) is 1. The van der Waals surface area contributed by atoms with Crippen molar-refractivity contribution in [3.05, 3.63) is 29.3 Å². The molecule has 0 atom stereocenters. The van der Waals surface area contributed by atoms with Gasteiger partial charge < -0.3 is 10.5 Å². The Morgan fingerprint density at radius 3 is 2.69 bits per heavy atom. The molecule has 0 aliphatic heterocycles. The second kappa shape index (κ2) is 5.65. The maximum atomic E-state index is 11.3. The molecule has 4 nitrogen and oxygen atoms in total. The van der Waals surface area contributed by atoms with E-state index in [1.165, 1.54) is 7.11 Å². The van der Waals surface area contributed by atoms with E-state index in [2.05, 4.69) is 20.7 Å². The van der Waals surface area contributed by atoms with E-state index in [1.807, 2.05) is 0 Å². The van der Waals surface area contributed by atoms with Gasteiger partial charge in [0.15, 0.2) is 0 Å². The highest BCUT2D eigenvalue weighted by Gasteiger charge is 2.11. The molecule has 0 heterocycles. The molecule has 16 heavy (non-hydrogen) atoms. The number of methoxy groups -OCH3 is 1. The summed E-state index contributed by atoms with van der Waals surface area (Å²) in [6.07, 6.45) is 0.273. The number of carbonyl (C=O) groups is 2. The van der Waals surface area contributed by atoms with Crippen molar-refractivity contribution < 1.29 is 14.3 Å². The molecule has 1 rings (SSSR count). The highest BCUT2D eigenvalue weighted by atomic mass is 79.9. The van der Waals surface area contributed by atoms with Crippen molar-refractivity contribution in [3.63, 3.8) is 0 Å². The summed E-state index contributed by atoms with van der Waals surface area (Å²) in [5, 5.41) is 0.297. The summed E-state index contributed by atoms with van der Waals surface area (Å²) < 4.78 is 4.59. The van der Waals surface area contributed by atoms with Crippen LogP contribution in [0.1, 0.15) is 15.9 Å². The van der Waals surface area contributed by atoms with Crippen molar-refractivity contribution in [3.8, 4) is 0 Å². The molecule has 0 aliphatic carbocycles. The third kappa shape index (κ3) is 3.06. The molecule has 0 aliphatic rings. The standard InChI is InChI=1S/C11H12BrNO3/c1-16-11(15)9-5-7(2-3-10(9)13)4-8(14)6-12/h2-3,5H,4,6,13H2,1H3. The van der Waals surface area contributed by atoms with Crippen LogP contribution in [0.4, 0.5) is 5.69 Å². The van der Waals surface area contributed by atoms with Crippen LogP contribution in [0.2, 0.25) is 0 Å². The molecule has 0 fully saturated rings. The van der Waals surface area contributed by atoms with Crippen LogP contribution < -0.4 is 5.73 Å². The maximum Gasteiger partial charge on any atom is 0.339 e. The van der Waals surface area contributed by atoms with E-state index in [0.717, 1.165) is 5.56 Å². The lowest BCUT2D eigenvalue weighted by atomic mass is 10.0. The predicted molar refractivity (Wildman–Crippen MR) is 64.7 cm³/mol. The number of rotatable bonds is 4. The molecule has 0 unspecified atom stereocenters. The van der Waals surface area contributed by atoms with Crippen LogP contribution in [0, 0.1) is 0 Å². The number of nitrogen functional groups attached to an aromatic ring is 1. The van der Waals surface area contributed by atoms with E-state index in [0.29, 0.717) is 16.6 Å². The average molecular weight is 286 g/mol. The lowest BCUT2D eigenvalue weighted by Gasteiger charge is -2.06. The Bertz CT molecular complexity index is 418. The van der Waals surface area contributed by atoms with E-state index < -0.39 is 5.97 Å². The zero-order chi connectivity index (χ0) is 12.1. The molecular formula is C11H12BrNO3. The Morgan fingerprint density at radius 1 is 1.44 bits per heavy atom. The Balaban J connectivity index is 2.98. The van der Waals surface area contributed by atoms with Crippen molar-refractivity contribution in [2.75, 3.05) is 18.2 Å². The van der Waals surface area contributed by atoms with Gasteiger partial charge in [-0.25, -0.2) is 4.79 Å². The van der Waals surface area contributed by atoms with Crippen LogP contribution in [0.15, 0.2) is 18.2 Å². The van der Waals surface area contributed by atoms with Crippen molar-refractivity contribution in [2.24, 2.45) is 0 Å². The van der Waals surface area contributed by atoms with E-state index >= 15 is 0 Å². The van der Waals surface area contributed by atoms with Crippen LogP contribution in [0.25, 0.3) is 0 Å². The number of halogens is 1. The molecule has 0 radical (unpaired) electrons. The van der Waals surface area contributed by atoms with Gasteiger partial charge in [0.1, 0.15) is 5.78 Å². The largest absolute Gasteiger partial charge is 0.465 e. The first-order valence-corrected chi connectivity index (χ1v) is 5.75. The van der Waals surface area contributed by atoms with Gasteiger partial charge in [0, 0.05) is 12.1 Å². The van der Waals surface area contributed by atoms with Crippen molar-refractivity contribution in [1.82, 2.24) is 0 Å². The summed E-state index contributed by atoms with van der Waals surface area (Å²) in [4.78, 5) is 22.6. The number of nitrogens with two attached hydrogens (primary N) is 1. The second-order valence-electron chi connectivity index (χ2n) is 3.26. The molecule has 0 bridgehead atoms. The number of hydrogen-bond acceptors (Lipinski definition) is 4. The third-order valence-corrected chi connectivity index (χ3v) is 2.70. The fraction of sp³-hybridized carbons (Fsp3) is 0.273. The number of anilines is 1. The van der Waals surface area contributed by atoms with Gasteiger partial charge in [-0.05, 0) is 17.7 Å². The molecule has 0 aromatic heterocycles. The maximum absolute atomic E-state index is 11.3. The van der Waals surface area contributed by atoms with Gasteiger partial charge in [-0.1, -0.05) is 22.0 Å². The molecule has 0 saturated carbocycles. The van der Waals surface area contributed by atoms with Crippen LogP contribution in [-0.4, -0.2) is 24.2 Å². The normalized spacial score (nSPS) is 9.88. The van der Waals surface area contributed by atoms with Crippen molar-refractivity contribution in [1.29, 1.82) is 0 Å². The minimum Gasteiger partial charge on any atom is -0.465 e.